The number of hydrogen-bond acceptors (Lipinski definition) is 5. The van der Waals surface area contributed by atoms with E-state index in [-0.39, 0.29) is 6.10 Å². The SMILES string of the molecule is CC(O)CC1COC(Cn2cncn2)(c2ccc(Cl)cc2Cl)O1. The summed E-state index contributed by atoms with van der Waals surface area (Å²) in [5.41, 5.74) is 0.673. The Morgan fingerprint density at radius 2 is 2.30 bits per heavy atom. The monoisotopic (exact) mass is 357 g/mol. The fourth-order valence-corrected chi connectivity index (χ4v) is 3.25. The Balaban J connectivity index is 1.94. The summed E-state index contributed by atoms with van der Waals surface area (Å²) in [4.78, 5) is 3.94. The van der Waals surface area contributed by atoms with Gasteiger partial charge in [-0.05, 0) is 19.1 Å². The molecule has 0 amide bonds. The number of aliphatic hydroxyl groups is 1. The Hall–Kier alpha value is -1.18. The van der Waals surface area contributed by atoms with Gasteiger partial charge in [-0.3, -0.25) is 0 Å². The van der Waals surface area contributed by atoms with Gasteiger partial charge in [-0.25, -0.2) is 9.67 Å². The van der Waals surface area contributed by atoms with E-state index in [1.807, 2.05) is 0 Å². The number of hydrogen-bond donors (Lipinski definition) is 1. The fourth-order valence-electron chi connectivity index (χ4n) is 2.70. The van der Waals surface area contributed by atoms with Crippen LogP contribution >= 0.6 is 23.2 Å². The molecule has 0 saturated carbocycles. The molecule has 0 radical (unpaired) electrons. The minimum absolute atomic E-state index is 0.231. The molecule has 6 nitrogen and oxygen atoms in total. The molecular weight excluding hydrogens is 341 g/mol. The predicted molar refractivity (Wildman–Crippen MR) is 85.3 cm³/mol. The lowest BCUT2D eigenvalue weighted by Gasteiger charge is -2.29. The second-order valence-corrected chi connectivity index (χ2v) is 6.45. The van der Waals surface area contributed by atoms with Gasteiger partial charge in [0.15, 0.2) is 0 Å². The maximum Gasteiger partial charge on any atom is 0.217 e. The molecule has 3 rings (SSSR count). The van der Waals surface area contributed by atoms with E-state index in [0.29, 0.717) is 35.2 Å². The third kappa shape index (κ3) is 3.67. The number of ether oxygens (including phenoxy) is 2. The molecule has 1 N–H and O–H groups in total. The summed E-state index contributed by atoms with van der Waals surface area (Å²) in [5.74, 6) is -1.09. The van der Waals surface area contributed by atoms with E-state index in [2.05, 4.69) is 10.1 Å². The van der Waals surface area contributed by atoms with Crippen molar-refractivity contribution in [3.05, 3.63) is 46.5 Å². The van der Waals surface area contributed by atoms with Gasteiger partial charge in [-0.1, -0.05) is 29.3 Å². The minimum Gasteiger partial charge on any atom is -0.393 e. The zero-order chi connectivity index (χ0) is 16.4. The smallest absolute Gasteiger partial charge is 0.217 e. The lowest BCUT2D eigenvalue weighted by atomic mass is 10.1. The average molecular weight is 358 g/mol. The van der Waals surface area contributed by atoms with Crippen molar-refractivity contribution in [3.63, 3.8) is 0 Å². The summed E-state index contributed by atoms with van der Waals surface area (Å²) < 4.78 is 13.7. The molecule has 1 aliphatic rings. The van der Waals surface area contributed by atoms with Crippen LogP contribution in [0.1, 0.15) is 18.9 Å². The van der Waals surface area contributed by atoms with Gasteiger partial charge in [0.1, 0.15) is 19.2 Å². The number of aromatic nitrogens is 3. The summed E-state index contributed by atoms with van der Waals surface area (Å²) >= 11 is 12.3. The van der Waals surface area contributed by atoms with Crippen LogP contribution in [0.15, 0.2) is 30.9 Å². The first-order valence-electron chi connectivity index (χ1n) is 7.26. The average Bonchev–Trinajstić information content (AvgIpc) is 3.09. The van der Waals surface area contributed by atoms with E-state index in [1.54, 1.807) is 36.1 Å². The highest BCUT2D eigenvalue weighted by Gasteiger charge is 2.45. The van der Waals surface area contributed by atoms with Crippen LogP contribution in [0.4, 0.5) is 0 Å². The van der Waals surface area contributed by atoms with Crippen molar-refractivity contribution in [3.8, 4) is 0 Å². The number of nitrogens with zero attached hydrogens (tertiary/aromatic N) is 3. The summed E-state index contributed by atoms with van der Waals surface area (Å²) in [6.45, 7) is 2.37. The van der Waals surface area contributed by atoms with Crippen LogP contribution in [0.2, 0.25) is 10.0 Å². The Labute approximate surface area is 143 Å². The number of aliphatic hydroxyl groups excluding tert-OH is 1. The van der Waals surface area contributed by atoms with Crippen molar-refractivity contribution in [2.24, 2.45) is 0 Å². The highest BCUT2D eigenvalue weighted by Crippen LogP contribution is 2.41. The van der Waals surface area contributed by atoms with Gasteiger partial charge >= 0.3 is 0 Å². The van der Waals surface area contributed by atoms with Crippen molar-refractivity contribution in [2.75, 3.05) is 6.61 Å². The van der Waals surface area contributed by atoms with Gasteiger partial charge in [0.05, 0.1) is 23.8 Å². The van der Waals surface area contributed by atoms with Crippen LogP contribution in [-0.2, 0) is 21.8 Å². The van der Waals surface area contributed by atoms with E-state index in [0.717, 1.165) is 0 Å². The van der Waals surface area contributed by atoms with E-state index in [4.69, 9.17) is 32.7 Å². The number of halogens is 2. The van der Waals surface area contributed by atoms with Crippen molar-refractivity contribution in [1.82, 2.24) is 14.8 Å². The highest BCUT2D eigenvalue weighted by molar-refractivity contribution is 6.35. The Morgan fingerprint density at radius 3 is 2.96 bits per heavy atom. The van der Waals surface area contributed by atoms with Crippen LogP contribution < -0.4 is 0 Å². The summed E-state index contributed by atoms with van der Waals surface area (Å²) in [6.07, 6.45) is 2.79. The summed E-state index contributed by atoms with van der Waals surface area (Å²) in [7, 11) is 0. The van der Waals surface area contributed by atoms with Crippen molar-refractivity contribution in [1.29, 1.82) is 0 Å². The van der Waals surface area contributed by atoms with Gasteiger partial charge in [-0.15, -0.1) is 0 Å². The molecule has 0 spiro atoms. The molecule has 1 aromatic carbocycles. The Morgan fingerprint density at radius 1 is 1.48 bits per heavy atom. The zero-order valence-electron chi connectivity index (χ0n) is 12.5. The third-order valence-electron chi connectivity index (χ3n) is 3.64. The summed E-state index contributed by atoms with van der Waals surface area (Å²) in [5, 5.41) is 14.7. The van der Waals surface area contributed by atoms with Crippen LogP contribution in [0.3, 0.4) is 0 Å². The maximum absolute atomic E-state index is 9.59. The van der Waals surface area contributed by atoms with Crippen LogP contribution in [0, 0.1) is 0 Å². The molecule has 8 heteroatoms. The topological polar surface area (TPSA) is 69.4 Å². The second kappa shape index (κ2) is 6.75. The second-order valence-electron chi connectivity index (χ2n) is 5.61. The van der Waals surface area contributed by atoms with Crippen LogP contribution in [0.25, 0.3) is 0 Å². The largest absolute Gasteiger partial charge is 0.393 e. The van der Waals surface area contributed by atoms with Gasteiger partial charge in [0.25, 0.3) is 0 Å². The molecule has 2 heterocycles. The molecular formula is C15H17Cl2N3O3. The summed E-state index contributed by atoms with van der Waals surface area (Å²) in [6, 6.07) is 5.17. The fraction of sp³-hybridized carbons (Fsp3) is 0.467. The van der Waals surface area contributed by atoms with Crippen LogP contribution in [0.5, 0.6) is 0 Å². The molecule has 23 heavy (non-hydrogen) atoms. The van der Waals surface area contributed by atoms with E-state index in [1.165, 1.54) is 6.33 Å². The highest BCUT2D eigenvalue weighted by atomic mass is 35.5. The molecule has 1 aliphatic heterocycles. The first-order chi connectivity index (χ1) is 11.0. The van der Waals surface area contributed by atoms with E-state index < -0.39 is 11.9 Å². The number of rotatable bonds is 5. The van der Waals surface area contributed by atoms with Gasteiger partial charge < -0.3 is 14.6 Å². The molecule has 1 saturated heterocycles. The van der Waals surface area contributed by atoms with Gasteiger partial charge in [0, 0.05) is 17.0 Å². The quantitative estimate of drug-likeness (QED) is 0.890. The molecule has 0 aliphatic carbocycles. The normalized spacial score (nSPS) is 25.7. The molecule has 1 aromatic heterocycles. The molecule has 1 fully saturated rings. The number of benzene rings is 1. The predicted octanol–water partition coefficient (Wildman–Crippen LogP) is 2.62. The molecule has 3 atom stereocenters. The molecule has 2 aromatic rings. The van der Waals surface area contributed by atoms with E-state index in [9.17, 15) is 5.11 Å². The van der Waals surface area contributed by atoms with Crippen molar-refractivity contribution >= 4 is 23.2 Å². The van der Waals surface area contributed by atoms with Crippen molar-refractivity contribution < 1.29 is 14.6 Å². The minimum atomic E-state index is -1.09. The first-order valence-corrected chi connectivity index (χ1v) is 8.02. The lowest BCUT2D eigenvalue weighted by Crippen LogP contribution is -2.34. The Kier molecular flexibility index (Phi) is 4.89. The Bertz CT molecular complexity index is 666. The first kappa shape index (κ1) is 16.7. The van der Waals surface area contributed by atoms with Crippen molar-refractivity contribution in [2.45, 2.75) is 37.9 Å². The van der Waals surface area contributed by atoms with E-state index >= 15 is 0 Å². The third-order valence-corrected chi connectivity index (χ3v) is 4.19. The maximum atomic E-state index is 9.59. The van der Waals surface area contributed by atoms with Gasteiger partial charge in [-0.2, -0.15) is 5.10 Å². The van der Waals surface area contributed by atoms with Gasteiger partial charge in [0.2, 0.25) is 5.79 Å². The molecule has 0 bridgehead atoms. The lowest BCUT2D eigenvalue weighted by molar-refractivity contribution is -0.190. The van der Waals surface area contributed by atoms with Crippen LogP contribution in [-0.4, -0.2) is 38.7 Å². The molecule has 3 unspecified atom stereocenters. The zero-order valence-corrected chi connectivity index (χ0v) is 14.0. The standard InChI is InChI=1S/C15H17Cl2N3O3/c1-10(21)4-12-6-22-15(23-12,7-20-9-18-8-19-20)13-3-2-11(16)5-14(13)17/h2-3,5,8-10,12,21H,4,6-7H2,1H3. The molecule has 124 valence electrons.